The molecule has 4 heterocycles. The molecule has 0 saturated carbocycles. The number of benzene rings is 1. The summed E-state index contributed by atoms with van der Waals surface area (Å²) in [5, 5.41) is 10.6. The van der Waals surface area contributed by atoms with Gasteiger partial charge in [0.25, 0.3) is 5.89 Å². The van der Waals surface area contributed by atoms with Crippen molar-refractivity contribution >= 4 is 17.0 Å². The van der Waals surface area contributed by atoms with Gasteiger partial charge in [0.15, 0.2) is 11.3 Å². The van der Waals surface area contributed by atoms with Gasteiger partial charge in [-0.05, 0) is 24.4 Å². The first-order valence-corrected chi connectivity index (χ1v) is 8.97. The minimum Gasteiger partial charge on any atom is -0.332 e. The minimum atomic E-state index is 0.388. The summed E-state index contributed by atoms with van der Waals surface area (Å²) in [5.74, 6) is 0.960. The van der Waals surface area contributed by atoms with Crippen LogP contribution in [0.2, 0.25) is 0 Å². The molecule has 126 valence electrons. The van der Waals surface area contributed by atoms with Crippen molar-refractivity contribution in [2.75, 3.05) is 0 Å². The lowest BCUT2D eigenvalue weighted by Crippen LogP contribution is -1.97. The molecule has 0 aliphatic heterocycles. The minimum absolute atomic E-state index is 0.388. The second-order valence-corrected chi connectivity index (χ2v) is 6.80. The molecule has 6 nitrogen and oxygen atoms in total. The summed E-state index contributed by atoms with van der Waals surface area (Å²) in [4.78, 5) is 10.1. The second kappa shape index (κ2) is 5.89. The Bertz CT molecular complexity index is 1190. The lowest BCUT2D eigenvalue weighted by atomic mass is 10.1. The zero-order valence-electron chi connectivity index (χ0n) is 13.8. The van der Waals surface area contributed by atoms with Crippen molar-refractivity contribution in [2.45, 2.75) is 6.92 Å². The largest absolute Gasteiger partial charge is 0.332 e. The predicted molar refractivity (Wildman–Crippen MR) is 99.8 cm³/mol. The Kier molecular flexibility index (Phi) is 3.39. The number of aryl methyl sites for hydroxylation is 1. The van der Waals surface area contributed by atoms with Crippen LogP contribution in [0.5, 0.6) is 0 Å². The van der Waals surface area contributed by atoms with Crippen molar-refractivity contribution in [3.8, 4) is 33.5 Å². The van der Waals surface area contributed by atoms with Gasteiger partial charge < -0.3 is 4.52 Å². The first-order valence-electron chi connectivity index (χ1n) is 8.09. The normalized spacial score (nSPS) is 11.3. The van der Waals surface area contributed by atoms with Crippen LogP contribution >= 0.6 is 11.3 Å². The predicted octanol–water partition coefficient (Wildman–Crippen LogP) is 4.48. The van der Waals surface area contributed by atoms with Crippen molar-refractivity contribution in [3.63, 3.8) is 0 Å². The summed E-state index contributed by atoms with van der Waals surface area (Å²) in [6.07, 6.45) is 0. The van der Waals surface area contributed by atoms with Crippen LogP contribution in [0, 0.1) is 6.92 Å². The van der Waals surface area contributed by atoms with E-state index in [0.717, 1.165) is 27.5 Å². The Morgan fingerprint density at radius 1 is 0.962 bits per heavy atom. The van der Waals surface area contributed by atoms with E-state index in [1.165, 1.54) is 0 Å². The maximum atomic E-state index is 5.40. The summed E-state index contributed by atoms with van der Waals surface area (Å²) < 4.78 is 7.19. The lowest BCUT2D eigenvalue weighted by Gasteiger charge is -2.04. The van der Waals surface area contributed by atoms with Crippen LogP contribution < -0.4 is 0 Å². The lowest BCUT2D eigenvalue weighted by molar-refractivity contribution is 0.431. The average Bonchev–Trinajstić information content (AvgIpc) is 3.41. The topological polar surface area (TPSA) is 69.1 Å². The molecule has 0 spiro atoms. The van der Waals surface area contributed by atoms with Crippen molar-refractivity contribution in [1.29, 1.82) is 0 Å². The molecule has 0 N–H and O–H groups in total. The molecule has 4 aromatic heterocycles. The molecule has 0 unspecified atom stereocenters. The molecule has 1 aromatic carbocycles. The summed E-state index contributed by atoms with van der Waals surface area (Å²) >= 11 is 1.57. The number of fused-ring (bicyclic) bond motifs is 1. The Morgan fingerprint density at radius 2 is 1.85 bits per heavy atom. The van der Waals surface area contributed by atoms with Gasteiger partial charge in [-0.15, -0.1) is 11.3 Å². The molecule has 0 fully saturated rings. The van der Waals surface area contributed by atoms with Crippen molar-refractivity contribution in [3.05, 3.63) is 65.7 Å². The highest BCUT2D eigenvalue weighted by Gasteiger charge is 2.16. The molecular weight excluding hydrogens is 346 g/mol. The molecular formula is C19H13N5OS. The Hall–Kier alpha value is -3.32. The van der Waals surface area contributed by atoms with Crippen LogP contribution in [0.1, 0.15) is 5.69 Å². The van der Waals surface area contributed by atoms with Gasteiger partial charge >= 0.3 is 0 Å². The van der Waals surface area contributed by atoms with E-state index in [1.807, 2.05) is 66.9 Å². The summed E-state index contributed by atoms with van der Waals surface area (Å²) in [7, 11) is 0. The van der Waals surface area contributed by atoms with Gasteiger partial charge in [-0.3, -0.25) is 0 Å². The number of hydrogen-bond donors (Lipinski definition) is 0. The fourth-order valence-corrected chi connectivity index (χ4v) is 3.47. The molecule has 0 aliphatic carbocycles. The highest BCUT2D eigenvalue weighted by atomic mass is 32.1. The molecule has 26 heavy (non-hydrogen) atoms. The van der Waals surface area contributed by atoms with Gasteiger partial charge in [0.2, 0.25) is 5.82 Å². The van der Waals surface area contributed by atoms with E-state index in [9.17, 15) is 0 Å². The molecule has 7 heteroatoms. The summed E-state index contributed by atoms with van der Waals surface area (Å²) in [6, 6.07) is 17.9. The maximum absolute atomic E-state index is 5.40. The van der Waals surface area contributed by atoms with Crippen LogP contribution in [0.3, 0.4) is 0 Å². The monoisotopic (exact) mass is 359 g/mol. The third-order valence-corrected chi connectivity index (χ3v) is 4.93. The van der Waals surface area contributed by atoms with Crippen molar-refractivity contribution < 1.29 is 4.52 Å². The maximum Gasteiger partial charge on any atom is 0.278 e. The molecule has 0 aliphatic rings. The molecule has 0 bridgehead atoms. The molecule has 5 rings (SSSR count). The summed E-state index contributed by atoms with van der Waals surface area (Å²) in [6.45, 7) is 2.00. The quantitative estimate of drug-likeness (QED) is 0.475. The molecule has 0 radical (unpaired) electrons. The SMILES string of the molecule is Cc1cc(-c2ccccc2)nc2cc(-c3nc(-c4cccs4)no3)nn12. The van der Waals surface area contributed by atoms with Gasteiger partial charge in [0.05, 0.1) is 10.6 Å². The van der Waals surface area contributed by atoms with E-state index < -0.39 is 0 Å². The van der Waals surface area contributed by atoms with Gasteiger partial charge in [-0.2, -0.15) is 10.1 Å². The van der Waals surface area contributed by atoms with Gasteiger partial charge in [0.1, 0.15) is 0 Å². The van der Waals surface area contributed by atoms with E-state index in [-0.39, 0.29) is 0 Å². The van der Waals surface area contributed by atoms with Gasteiger partial charge in [0, 0.05) is 17.3 Å². The van der Waals surface area contributed by atoms with Crippen LogP contribution in [0.4, 0.5) is 0 Å². The molecule has 0 atom stereocenters. The zero-order valence-corrected chi connectivity index (χ0v) is 14.6. The second-order valence-electron chi connectivity index (χ2n) is 5.85. The fourth-order valence-electron chi connectivity index (χ4n) is 2.82. The molecule has 5 aromatic rings. The number of aromatic nitrogens is 5. The van der Waals surface area contributed by atoms with E-state index in [2.05, 4.69) is 15.2 Å². The highest BCUT2D eigenvalue weighted by Crippen LogP contribution is 2.26. The van der Waals surface area contributed by atoms with Crippen LogP contribution in [-0.4, -0.2) is 24.7 Å². The molecule has 0 amide bonds. The Morgan fingerprint density at radius 3 is 2.65 bits per heavy atom. The number of thiophene rings is 1. The average molecular weight is 359 g/mol. The third kappa shape index (κ3) is 2.49. The first kappa shape index (κ1) is 15.0. The van der Waals surface area contributed by atoms with Crippen LogP contribution in [0.15, 0.2) is 64.5 Å². The number of rotatable bonds is 3. The van der Waals surface area contributed by atoms with E-state index in [4.69, 9.17) is 9.51 Å². The van der Waals surface area contributed by atoms with Gasteiger partial charge in [-0.1, -0.05) is 41.6 Å². The number of nitrogens with zero attached hydrogens (tertiary/aromatic N) is 5. The van der Waals surface area contributed by atoms with Crippen LogP contribution in [-0.2, 0) is 0 Å². The standard InChI is InChI=1S/C19H13N5OS/c1-12-10-14(13-6-3-2-4-7-13)20-17-11-15(22-24(12)17)19-21-18(23-25-19)16-8-5-9-26-16/h2-11H,1H3. The van der Waals surface area contributed by atoms with Gasteiger partial charge in [-0.25, -0.2) is 9.50 Å². The fraction of sp³-hybridized carbons (Fsp3) is 0.0526. The Balaban J connectivity index is 1.59. The first-order chi connectivity index (χ1) is 12.8. The zero-order chi connectivity index (χ0) is 17.5. The van der Waals surface area contributed by atoms with Crippen molar-refractivity contribution in [1.82, 2.24) is 24.7 Å². The number of hydrogen-bond acceptors (Lipinski definition) is 6. The third-order valence-electron chi connectivity index (χ3n) is 4.06. The van der Waals surface area contributed by atoms with E-state index in [1.54, 1.807) is 15.9 Å². The smallest absolute Gasteiger partial charge is 0.278 e. The summed E-state index contributed by atoms with van der Waals surface area (Å²) in [5.41, 5.74) is 4.32. The van der Waals surface area contributed by atoms with Crippen molar-refractivity contribution in [2.24, 2.45) is 0 Å². The van der Waals surface area contributed by atoms with Crippen LogP contribution in [0.25, 0.3) is 39.2 Å². The Labute approximate surface area is 152 Å². The molecule has 0 saturated heterocycles. The highest BCUT2D eigenvalue weighted by molar-refractivity contribution is 7.13. The van der Waals surface area contributed by atoms with E-state index in [0.29, 0.717) is 17.4 Å². The van der Waals surface area contributed by atoms with E-state index >= 15 is 0 Å².